The number of hydrogen-bond donors (Lipinski definition) is 1. The third-order valence-electron chi connectivity index (χ3n) is 3.55. The Labute approximate surface area is 120 Å². The fourth-order valence-electron chi connectivity index (χ4n) is 2.31. The van der Waals surface area contributed by atoms with Crippen LogP contribution in [0, 0.1) is 0 Å². The van der Waals surface area contributed by atoms with Gasteiger partial charge < -0.3 is 19.3 Å². The largest absolute Gasteiger partial charge is 0.480 e. The summed E-state index contributed by atoms with van der Waals surface area (Å²) in [6.07, 6.45) is 3.53. The van der Waals surface area contributed by atoms with Crippen molar-refractivity contribution in [3.63, 3.8) is 0 Å². The molecule has 3 rings (SSSR count). The number of amides is 2. The van der Waals surface area contributed by atoms with Gasteiger partial charge in [0.05, 0.1) is 18.7 Å². The molecule has 0 aromatic carbocycles. The van der Waals surface area contributed by atoms with Gasteiger partial charge in [0.1, 0.15) is 11.8 Å². The molecule has 1 atom stereocenters. The van der Waals surface area contributed by atoms with Crippen molar-refractivity contribution in [2.45, 2.75) is 31.5 Å². The number of urea groups is 1. The molecule has 1 aliphatic heterocycles. The highest BCUT2D eigenvalue weighted by Gasteiger charge is 2.41. The van der Waals surface area contributed by atoms with Gasteiger partial charge in [0, 0.05) is 11.8 Å². The van der Waals surface area contributed by atoms with E-state index < -0.39 is 12.0 Å². The summed E-state index contributed by atoms with van der Waals surface area (Å²) >= 11 is 1.48. The molecule has 2 amide bonds. The van der Waals surface area contributed by atoms with Crippen LogP contribution < -0.4 is 0 Å². The number of aliphatic carboxylic acids is 1. The molecule has 1 aliphatic carbocycles. The van der Waals surface area contributed by atoms with E-state index in [1.807, 2.05) is 6.07 Å². The minimum Gasteiger partial charge on any atom is -0.480 e. The Kier molecular flexibility index (Phi) is 3.60. The summed E-state index contributed by atoms with van der Waals surface area (Å²) in [6, 6.07) is 2.92. The highest BCUT2D eigenvalue weighted by atomic mass is 32.2. The standard InChI is InChI=1S/C13H16N2O4S/c16-12(17)11-7-20-8-15(11)13(18)14(9-3-4-9)6-10-2-1-5-19-10/h1-2,5,9,11H,3-4,6-8H2,(H,16,17)/t11-/m0/s1. The first-order valence-corrected chi connectivity index (χ1v) is 7.72. The predicted octanol–water partition coefficient (Wildman–Crippen LogP) is 1.82. The number of thioether (sulfide) groups is 1. The zero-order valence-electron chi connectivity index (χ0n) is 10.9. The molecule has 1 aromatic rings. The number of carbonyl (C=O) groups excluding carboxylic acids is 1. The van der Waals surface area contributed by atoms with Gasteiger partial charge in [-0.3, -0.25) is 0 Å². The maximum absolute atomic E-state index is 12.6. The van der Waals surface area contributed by atoms with Gasteiger partial charge >= 0.3 is 12.0 Å². The lowest BCUT2D eigenvalue weighted by Crippen LogP contribution is -2.49. The van der Waals surface area contributed by atoms with E-state index in [-0.39, 0.29) is 12.1 Å². The van der Waals surface area contributed by atoms with E-state index in [0.29, 0.717) is 18.2 Å². The molecule has 7 heteroatoms. The van der Waals surface area contributed by atoms with Crippen molar-refractivity contribution in [2.75, 3.05) is 11.6 Å². The van der Waals surface area contributed by atoms with Gasteiger partial charge in [-0.25, -0.2) is 9.59 Å². The molecule has 1 saturated carbocycles. The van der Waals surface area contributed by atoms with Crippen LogP contribution in [0.15, 0.2) is 22.8 Å². The first-order valence-electron chi connectivity index (χ1n) is 6.57. The smallest absolute Gasteiger partial charge is 0.327 e. The lowest BCUT2D eigenvalue weighted by Gasteiger charge is -2.29. The van der Waals surface area contributed by atoms with Gasteiger partial charge in [-0.05, 0) is 25.0 Å². The molecule has 6 nitrogen and oxygen atoms in total. The van der Waals surface area contributed by atoms with Crippen LogP contribution in [-0.2, 0) is 11.3 Å². The molecule has 1 saturated heterocycles. The van der Waals surface area contributed by atoms with E-state index in [9.17, 15) is 14.7 Å². The zero-order valence-corrected chi connectivity index (χ0v) is 11.7. The van der Waals surface area contributed by atoms with Crippen LogP contribution in [-0.4, -0.2) is 50.6 Å². The Hall–Kier alpha value is -1.63. The highest BCUT2D eigenvalue weighted by molar-refractivity contribution is 7.99. The minimum absolute atomic E-state index is 0.193. The number of nitrogens with zero attached hydrogens (tertiary/aromatic N) is 2. The number of rotatable bonds is 4. The van der Waals surface area contributed by atoms with Crippen molar-refractivity contribution in [1.82, 2.24) is 9.80 Å². The first kappa shape index (κ1) is 13.4. The van der Waals surface area contributed by atoms with Gasteiger partial charge in [0.15, 0.2) is 0 Å². The average Bonchev–Trinajstić information content (AvgIpc) is 2.95. The Morgan fingerprint density at radius 3 is 2.90 bits per heavy atom. The van der Waals surface area contributed by atoms with Crippen molar-refractivity contribution in [1.29, 1.82) is 0 Å². The molecular formula is C13H16N2O4S. The van der Waals surface area contributed by atoms with Crippen LogP contribution >= 0.6 is 11.8 Å². The second-order valence-electron chi connectivity index (χ2n) is 5.04. The van der Waals surface area contributed by atoms with E-state index in [1.165, 1.54) is 16.7 Å². The van der Waals surface area contributed by atoms with Gasteiger partial charge in [0.25, 0.3) is 0 Å². The SMILES string of the molecule is O=C(O)[C@@H]1CSCN1C(=O)N(Cc1ccco1)C1CC1. The number of carboxylic acids is 1. The molecular weight excluding hydrogens is 280 g/mol. The molecule has 0 radical (unpaired) electrons. The lowest BCUT2D eigenvalue weighted by atomic mass is 10.3. The molecule has 2 heterocycles. The number of furan rings is 1. The molecule has 20 heavy (non-hydrogen) atoms. The molecule has 1 aromatic heterocycles. The first-order chi connectivity index (χ1) is 9.66. The summed E-state index contributed by atoms with van der Waals surface area (Å²) in [5.41, 5.74) is 0. The van der Waals surface area contributed by atoms with E-state index in [0.717, 1.165) is 18.6 Å². The molecule has 108 valence electrons. The lowest BCUT2D eigenvalue weighted by molar-refractivity contribution is -0.141. The Morgan fingerprint density at radius 2 is 2.30 bits per heavy atom. The average molecular weight is 296 g/mol. The Bertz CT molecular complexity index is 500. The van der Waals surface area contributed by atoms with Crippen LogP contribution in [0.2, 0.25) is 0 Å². The third kappa shape index (κ3) is 2.63. The van der Waals surface area contributed by atoms with Gasteiger partial charge in [-0.15, -0.1) is 11.8 Å². The Morgan fingerprint density at radius 1 is 1.50 bits per heavy atom. The van der Waals surface area contributed by atoms with Gasteiger partial charge in [-0.1, -0.05) is 0 Å². The summed E-state index contributed by atoms with van der Waals surface area (Å²) in [7, 11) is 0. The zero-order chi connectivity index (χ0) is 14.1. The fraction of sp³-hybridized carbons (Fsp3) is 0.538. The van der Waals surface area contributed by atoms with Crippen molar-refractivity contribution < 1.29 is 19.1 Å². The van der Waals surface area contributed by atoms with E-state index in [4.69, 9.17) is 4.42 Å². The molecule has 0 unspecified atom stereocenters. The number of hydrogen-bond acceptors (Lipinski definition) is 4. The minimum atomic E-state index is -0.933. The number of carbonyl (C=O) groups is 2. The fourth-order valence-corrected chi connectivity index (χ4v) is 3.45. The maximum atomic E-state index is 12.6. The maximum Gasteiger partial charge on any atom is 0.327 e. The summed E-state index contributed by atoms with van der Waals surface area (Å²) < 4.78 is 5.30. The van der Waals surface area contributed by atoms with Crippen LogP contribution in [0.1, 0.15) is 18.6 Å². The Balaban J connectivity index is 1.73. The molecule has 1 N–H and O–H groups in total. The molecule has 0 bridgehead atoms. The second kappa shape index (κ2) is 5.40. The van der Waals surface area contributed by atoms with Crippen molar-refractivity contribution >= 4 is 23.8 Å². The van der Waals surface area contributed by atoms with E-state index >= 15 is 0 Å². The molecule has 2 aliphatic rings. The van der Waals surface area contributed by atoms with E-state index in [2.05, 4.69) is 0 Å². The molecule has 2 fully saturated rings. The van der Waals surface area contributed by atoms with Crippen LogP contribution in [0.25, 0.3) is 0 Å². The molecule has 0 spiro atoms. The monoisotopic (exact) mass is 296 g/mol. The van der Waals surface area contributed by atoms with E-state index in [1.54, 1.807) is 17.2 Å². The third-order valence-corrected chi connectivity index (χ3v) is 4.56. The summed E-state index contributed by atoms with van der Waals surface area (Å²) in [5.74, 6) is 0.693. The van der Waals surface area contributed by atoms with Crippen LogP contribution in [0.3, 0.4) is 0 Å². The van der Waals surface area contributed by atoms with Crippen molar-refractivity contribution in [2.24, 2.45) is 0 Å². The van der Waals surface area contributed by atoms with Gasteiger partial charge in [0.2, 0.25) is 0 Å². The second-order valence-corrected chi connectivity index (χ2v) is 6.04. The summed E-state index contributed by atoms with van der Waals surface area (Å²) in [4.78, 5) is 27.0. The topological polar surface area (TPSA) is 74.0 Å². The quantitative estimate of drug-likeness (QED) is 0.917. The number of carboxylic acid groups (broad SMARTS) is 1. The summed E-state index contributed by atoms with van der Waals surface area (Å²) in [6.45, 7) is 0.407. The van der Waals surface area contributed by atoms with Crippen molar-refractivity contribution in [3.05, 3.63) is 24.2 Å². The van der Waals surface area contributed by atoms with Crippen molar-refractivity contribution in [3.8, 4) is 0 Å². The predicted molar refractivity (Wildman–Crippen MR) is 73.3 cm³/mol. The normalized spacial score (nSPS) is 22.0. The van der Waals surface area contributed by atoms with Crippen LogP contribution in [0.4, 0.5) is 4.79 Å². The highest BCUT2D eigenvalue weighted by Crippen LogP contribution is 2.32. The van der Waals surface area contributed by atoms with Gasteiger partial charge in [-0.2, -0.15) is 0 Å². The summed E-state index contributed by atoms with van der Waals surface area (Å²) in [5, 5.41) is 9.18. The van der Waals surface area contributed by atoms with Crippen LogP contribution in [0.5, 0.6) is 0 Å².